The Balaban J connectivity index is 0. The number of rotatable bonds is 13. The van der Waals surface area contributed by atoms with Crippen molar-refractivity contribution in [1.29, 1.82) is 0 Å². The van der Waals surface area contributed by atoms with Crippen LogP contribution in [0.15, 0.2) is 91.0 Å². The van der Waals surface area contributed by atoms with Gasteiger partial charge in [-0.2, -0.15) is 8.42 Å². The molecule has 0 unspecified atom stereocenters. The van der Waals surface area contributed by atoms with Crippen LogP contribution < -0.4 is 67.1 Å². The van der Waals surface area contributed by atoms with Crippen LogP contribution in [0, 0.1) is 0 Å². The van der Waals surface area contributed by atoms with Crippen molar-refractivity contribution >= 4 is 237 Å². The second-order valence-corrected chi connectivity index (χ2v) is 59.8. The van der Waals surface area contributed by atoms with Crippen LogP contribution in [0.4, 0.5) is 14.4 Å². The molecule has 3 N–H and O–H groups in total. The Morgan fingerprint density at radius 1 is 0.562 bits per heavy atom. The van der Waals surface area contributed by atoms with Crippen LogP contribution in [-0.2, 0) is 237 Å². The van der Waals surface area contributed by atoms with Crippen molar-refractivity contribution in [3.8, 4) is 0 Å². The number of alkyl carbamates (subject to hydrolysis) is 2. The van der Waals surface area contributed by atoms with Gasteiger partial charge >= 0.3 is 69.7 Å². The zero-order valence-electron chi connectivity index (χ0n) is 51.5. The zero-order valence-corrected chi connectivity index (χ0v) is 74.3. The van der Waals surface area contributed by atoms with E-state index >= 15 is 0 Å². The maximum Gasteiger partial charge on any atom is 1.00 e. The summed E-state index contributed by atoms with van der Waals surface area (Å²) in [6, 6.07) is 29.1. The summed E-state index contributed by atoms with van der Waals surface area (Å²) in [6.45, 7) is 22.5. The Labute approximate surface area is 640 Å². The number of nitrogens with zero attached hydrogens (tertiary/aromatic N) is 1. The predicted molar refractivity (Wildman–Crippen MR) is 424 cm³/mol. The third kappa shape index (κ3) is 60.9. The number of carbonyl (C=O) groups excluding carboxylic acids is 3. The monoisotopic (exact) mass is 1700 g/mol. The van der Waals surface area contributed by atoms with E-state index in [0.29, 0.717) is 25.7 Å². The van der Waals surface area contributed by atoms with E-state index in [2.05, 4.69) is 22.8 Å². The van der Waals surface area contributed by atoms with Gasteiger partial charge < -0.3 is 40.0 Å². The first kappa shape index (κ1) is 93.1. The number of hydrogen-bond acceptors (Lipinski definition) is 13. The molecule has 39 heteroatoms. The largest absolute Gasteiger partial charge is 1.00 e. The number of nitrogens with one attached hydrogen (secondary N) is 2. The van der Waals surface area contributed by atoms with Gasteiger partial charge in [0.05, 0.1) is 31.0 Å². The van der Waals surface area contributed by atoms with Crippen LogP contribution in [0.3, 0.4) is 0 Å². The van der Waals surface area contributed by atoms with Crippen molar-refractivity contribution in [2.75, 3.05) is 26.0 Å². The van der Waals surface area contributed by atoms with Gasteiger partial charge in [0.2, 0.25) is 0 Å². The predicted octanol–water partition coefficient (Wildman–Crippen LogP) is 6.89. The molecule has 3 amide bonds. The van der Waals surface area contributed by atoms with Crippen LogP contribution in [-0.4, -0.2) is 85.1 Å². The van der Waals surface area contributed by atoms with E-state index in [9.17, 15) is 27.9 Å². The number of aliphatic hydroxyl groups is 1. The SMILES string of the molecule is CC(C)(C)OC(=O)N1CCC[C@H]1c1ccccc1.CC(C)(C)OC(=O)N[C@@H](CCCO)c1ccccc1.CC(C)(C)OC(=O)N[C@@H](CCCOS(C)(=O)=O)c1ccccc1.CC(C)(C)[O-].S=S=S=S=S=S=S=S=S=S=S=S=S=S=S=S=S=S=S=S=S=S=S.[K+]. The molecular weight excluding hydrogens is 1630 g/mol. The van der Waals surface area contributed by atoms with Gasteiger partial charge in [0.1, 0.15) is 16.8 Å². The molecule has 0 aliphatic carbocycles. The number of aliphatic hydroxyl groups excluding tert-OH is 1. The molecule has 1 heterocycles. The smallest absolute Gasteiger partial charge is 0.850 e. The van der Waals surface area contributed by atoms with E-state index in [1.54, 1.807) is 184 Å². The van der Waals surface area contributed by atoms with Gasteiger partial charge in [0.15, 0.2) is 0 Å². The minimum atomic E-state index is -3.45. The molecule has 0 saturated carbocycles. The van der Waals surface area contributed by atoms with E-state index in [0.717, 1.165) is 36.8 Å². The third-order valence-corrected chi connectivity index (χ3v) is 54.0. The fourth-order valence-electron chi connectivity index (χ4n) is 6.25. The Morgan fingerprint density at radius 3 is 1.18 bits per heavy atom. The minimum Gasteiger partial charge on any atom is -0.850 e. The first-order chi connectivity index (χ1) is 41.4. The molecule has 89 heavy (non-hydrogen) atoms. The molecule has 3 atom stereocenters. The summed E-state index contributed by atoms with van der Waals surface area (Å²) < 4.78 is 42.7. The topological polar surface area (TPSA) is 193 Å². The van der Waals surface area contributed by atoms with Crippen molar-refractivity contribution in [2.24, 2.45) is 0 Å². The molecule has 504 valence electrons. The Morgan fingerprint density at radius 2 is 0.876 bits per heavy atom. The molecule has 1 aliphatic rings. The van der Waals surface area contributed by atoms with Crippen LogP contribution >= 0.6 is 0 Å². The molecule has 0 bridgehead atoms. The van der Waals surface area contributed by atoms with E-state index in [4.69, 9.17) is 45.9 Å². The van der Waals surface area contributed by atoms with E-state index in [-0.39, 0.29) is 88.8 Å². The van der Waals surface area contributed by atoms with E-state index in [1.807, 2.05) is 152 Å². The van der Waals surface area contributed by atoms with Crippen LogP contribution in [0.5, 0.6) is 0 Å². The van der Waals surface area contributed by atoms with Gasteiger partial charge in [-0.3, -0.25) is 4.18 Å². The number of likely N-dealkylation sites (tertiary alicyclic amines) is 1. The quantitative estimate of drug-likeness (QED) is 0.0695. The number of carbonyl (C=O) groups is 3. The first-order valence-corrected chi connectivity index (χ1v) is 57.1. The summed E-state index contributed by atoms with van der Waals surface area (Å²) in [4.78, 5) is 37.8. The summed E-state index contributed by atoms with van der Waals surface area (Å²) in [6.07, 6.45) is 4.28. The van der Waals surface area contributed by atoms with Crippen LogP contribution in [0.2, 0.25) is 0 Å². The number of ether oxygens (including phenoxy) is 3. The van der Waals surface area contributed by atoms with Gasteiger partial charge in [0.25, 0.3) is 10.1 Å². The van der Waals surface area contributed by atoms with Crippen LogP contribution in [0.1, 0.15) is 156 Å². The molecule has 14 nitrogen and oxygen atoms in total. The van der Waals surface area contributed by atoms with Gasteiger partial charge in [-0.25, -0.2) is 14.4 Å². The van der Waals surface area contributed by atoms with Crippen LogP contribution in [0.25, 0.3) is 0 Å². The van der Waals surface area contributed by atoms with Gasteiger partial charge in [-0.1, -0.05) is 112 Å². The number of amides is 3. The van der Waals surface area contributed by atoms with E-state index < -0.39 is 44.7 Å². The Hall–Kier alpha value is 2.00. The molecular formula is C50H78KN3O11S24. The van der Waals surface area contributed by atoms with Gasteiger partial charge in [-0.05, 0) is 118 Å². The molecule has 3 aromatic rings. The molecule has 0 radical (unpaired) electrons. The molecule has 1 fully saturated rings. The second kappa shape index (κ2) is 55.8. The van der Waals surface area contributed by atoms with Crippen molar-refractivity contribution in [2.45, 2.75) is 162 Å². The summed E-state index contributed by atoms with van der Waals surface area (Å²) in [5.74, 6) is 0. The van der Waals surface area contributed by atoms with Crippen molar-refractivity contribution in [3.05, 3.63) is 108 Å². The Kier molecular flexibility index (Phi) is 58.4. The zero-order chi connectivity index (χ0) is 66.3. The molecule has 0 spiro atoms. The molecule has 1 aliphatic heterocycles. The average Bonchev–Trinajstić information content (AvgIpc) is 2.77. The molecule has 4 rings (SSSR count). The van der Waals surface area contributed by atoms with Gasteiger partial charge in [-0.15, -0.1) is 5.60 Å². The van der Waals surface area contributed by atoms with Crippen molar-refractivity contribution in [3.63, 3.8) is 0 Å². The van der Waals surface area contributed by atoms with Crippen molar-refractivity contribution in [1.82, 2.24) is 15.5 Å². The van der Waals surface area contributed by atoms with E-state index in [1.165, 1.54) is 23.3 Å². The normalized spacial score (nSPS) is 12.8. The summed E-state index contributed by atoms with van der Waals surface area (Å²) >= 11 is 9.54. The number of hydrogen-bond donors (Lipinski definition) is 3. The maximum atomic E-state index is 12.1. The Bertz CT molecular complexity index is 3620. The molecule has 0 aromatic heterocycles. The molecule has 3 aromatic carbocycles. The summed E-state index contributed by atoms with van der Waals surface area (Å²) in [5.41, 5.74) is 0.869. The fourth-order valence-corrected chi connectivity index (χ4v) is 58.8. The van der Waals surface area contributed by atoms with Crippen molar-refractivity contribution < 1.29 is 103 Å². The van der Waals surface area contributed by atoms with Gasteiger partial charge in [0, 0.05) is 222 Å². The number of benzene rings is 3. The third-order valence-electron chi connectivity index (χ3n) is 8.99. The minimum absolute atomic E-state index is 0. The standard InChI is InChI=1S/C16H25NO5S.C15H23NO3.C15H21NO2.C4H9O.K.S23/c1-16(2,3)22-15(18)17-14(13-9-6-5-7-10-13)11-8-12-21-23(4,19)20;1-15(2,3)19-14(18)16-13(10-7-11-17)12-8-5-4-6-9-12;1-15(2,3)18-14(17)16-11-7-10-13(16)12-8-5-4-6-9-12;1-4(2,3)5;;1-3-5-7-9-11-13-15-17-19-21-23-22-20-18-16-14-12-10-8-6-4-2/h5-7,9-10,14H,8,11-12H2,1-4H3,(H,17,18);4-6,8-9,13,17H,7,10-11H2,1-3H3,(H,16,18);4-6,8-9,13H,7,10-11H2,1-3H3;1-3H3;;/q;;;-1;+1;/t14-;2*13-;;;/m000.../s1. The maximum absolute atomic E-state index is 12.1. The summed E-state index contributed by atoms with van der Waals surface area (Å²) in [5, 5.41) is 24.7. The fraction of sp³-hybridized carbons (Fsp3) is 0.580. The first-order valence-electron chi connectivity index (χ1n) is 25.9. The second-order valence-electron chi connectivity index (χ2n) is 21.0. The molecule has 1 saturated heterocycles. The average molecular weight is 1710 g/mol. The summed E-state index contributed by atoms with van der Waals surface area (Å²) in [7, 11) is 32.9.